The van der Waals surface area contributed by atoms with E-state index in [2.05, 4.69) is 31.9 Å². The molecule has 1 atom stereocenters. The fourth-order valence-electron chi connectivity index (χ4n) is 0.779. The van der Waals surface area contributed by atoms with Gasteiger partial charge in [-0.3, -0.25) is 0 Å². The molecule has 0 N–H and O–H groups in total. The van der Waals surface area contributed by atoms with Gasteiger partial charge in [-0.2, -0.15) is 8.78 Å². The summed E-state index contributed by atoms with van der Waals surface area (Å²) in [4.78, 5) is -2.79. The van der Waals surface area contributed by atoms with E-state index in [0.29, 0.717) is 0 Å². The summed E-state index contributed by atoms with van der Waals surface area (Å²) in [6, 6.07) is 0. The lowest BCUT2D eigenvalue weighted by molar-refractivity contribution is 0.103. The van der Waals surface area contributed by atoms with Gasteiger partial charge in [-0.25, -0.2) is 0 Å². The van der Waals surface area contributed by atoms with Crippen molar-refractivity contribution in [3.63, 3.8) is 0 Å². The number of hydrogen-bond acceptors (Lipinski definition) is 0. The van der Waals surface area contributed by atoms with Crippen molar-refractivity contribution in [3.05, 3.63) is 0 Å². The second kappa shape index (κ2) is 5.46. The minimum atomic E-state index is -2.71. The molecule has 0 amide bonds. The van der Waals surface area contributed by atoms with Gasteiger partial charge in [-0.1, -0.05) is 35.7 Å². The third-order valence-corrected chi connectivity index (χ3v) is 2.43. The van der Waals surface area contributed by atoms with Crippen molar-refractivity contribution in [2.24, 2.45) is 0 Å². The van der Waals surface area contributed by atoms with E-state index in [4.69, 9.17) is 0 Å². The first kappa shape index (κ1) is 11.8. The van der Waals surface area contributed by atoms with Crippen molar-refractivity contribution >= 4 is 31.9 Å². The molecule has 0 heterocycles. The van der Waals surface area contributed by atoms with Gasteiger partial charge in [0.05, 0.1) is 0 Å². The van der Waals surface area contributed by atoms with Gasteiger partial charge >= 0.3 is 4.83 Å². The SMILES string of the molecule is CCCC[C@@H](Br)CC(F)(F)Br. The predicted octanol–water partition coefficient (Wildman–Crippen LogP) is 4.32. The number of alkyl halides is 4. The molecule has 0 unspecified atom stereocenters. The van der Waals surface area contributed by atoms with Crippen molar-refractivity contribution in [2.75, 3.05) is 0 Å². The number of rotatable bonds is 5. The molecule has 0 rings (SSSR count). The second-order valence-corrected chi connectivity index (χ2v) is 5.01. The monoisotopic (exact) mass is 292 g/mol. The van der Waals surface area contributed by atoms with Crippen LogP contribution in [-0.4, -0.2) is 9.66 Å². The van der Waals surface area contributed by atoms with Gasteiger partial charge in [0.25, 0.3) is 0 Å². The minimum Gasteiger partial charge on any atom is -0.194 e. The smallest absolute Gasteiger partial charge is 0.194 e. The molecule has 0 saturated carbocycles. The van der Waals surface area contributed by atoms with Crippen molar-refractivity contribution in [2.45, 2.75) is 42.3 Å². The van der Waals surface area contributed by atoms with Crippen LogP contribution in [0.25, 0.3) is 0 Å². The van der Waals surface area contributed by atoms with Crippen LogP contribution in [0.2, 0.25) is 0 Å². The van der Waals surface area contributed by atoms with Crippen molar-refractivity contribution < 1.29 is 8.78 Å². The van der Waals surface area contributed by atoms with Crippen LogP contribution in [0, 0.1) is 0 Å². The molecular formula is C7H12Br2F2. The molecule has 0 aromatic rings. The van der Waals surface area contributed by atoms with E-state index < -0.39 is 4.83 Å². The average molecular weight is 294 g/mol. The highest BCUT2D eigenvalue weighted by Crippen LogP contribution is 2.31. The lowest BCUT2D eigenvalue weighted by Crippen LogP contribution is -2.12. The highest BCUT2D eigenvalue weighted by molar-refractivity contribution is 9.10. The topological polar surface area (TPSA) is 0 Å². The quantitative estimate of drug-likeness (QED) is 0.662. The predicted molar refractivity (Wildman–Crippen MR) is 50.7 cm³/mol. The molecule has 0 radical (unpaired) electrons. The molecule has 0 fully saturated rings. The maximum Gasteiger partial charge on any atom is 0.302 e. The van der Waals surface area contributed by atoms with Gasteiger partial charge in [0.1, 0.15) is 0 Å². The lowest BCUT2D eigenvalue weighted by atomic mass is 10.2. The minimum absolute atomic E-state index is 0.0724. The number of hydrogen-bond donors (Lipinski definition) is 0. The molecule has 0 spiro atoms. The summed E-state index contributed by atoms with van der Waals surface area (Å²) in [7, 11) is 0. The largest absolute Gasteiger partial charge is 0.302 e. The molecule has 0 aliphatic carbocycles. The Morgan fingerprint density at radius 3 is 2.36 bits per heavy atom. The van der Waals surface area contributed by atoms with Gasteiger partial charge in [-0.05, 0) is 22.4 Å². The van der Waals surface area contributed by atoms with Crippen LogP contribution < -0.4 is 0 Å². The molecular weight excluding hydrogens is 282 g/mol. The fourth-order valence-corrected chi connectivity index (χ4v) is 2.33. The van der Waals surface area contributed by atoms with Crippen LogP contribution in [0.15, 0.2) is 0 Å². The zero-order valence-corrected chi connectivity index (χ0v) is 9.59. The maximum atomic E-state index is 12.3. The Kier molecular flexibility index (Phi) is 5.87. The summed E-state index contributed by atoms with van der Waals surface area (Å²) in [5.41, 5.74) is 0. The third kappa shape index (κ3) is 8.73. The van der Waals surface area contributed by atoms with E-state index in [1.807, 2.05) is 6.92 Å². The first-order chi connectivity index (χ1) is 4.95. The van der Waals surface area contributed by atoms with Crippen LogP contribution in [0.1, 0.15) is 32.6 Å². The summed E-state index contributed by atoms with van der Waals surface area (Å²) in [6.45, 7) is 2.05. The van der Waals surface area contributed by atoms with Crippen LogP contribution in [0.5, 0.6) is 0 Å². The summed E-state index contributed by atoms with van der Waals surface area (Å²) in [5, 5.41) is 0. The van der Waals surface area contributed by atoms with Crippen LogP contribution in [0.3, 0.4) is 0 Å². The van der Waals surface area contributed by atoms with Gasteiger partial charge in [0.15, 0.2) is 0 Å². The lowest BCUT2D eigenvalue weighted by Gasteiger charge is -2.12. The van der Waals surface area contributed by atoms with E-state index in [-0.39, 0.29) is 11.2 Å². The highest BCUT2D eigenvalue weighted by atomic mass is 79.9. The number of unbranched alkanes of at least 4 members (excludes halogenated alkanes) is 1. The van der Waals surface area contributed by atoms with Gasteiger partial charge in [-0.15, -0.1) is 0 Å². The van der Waals surface area contributed by atoms with E-state index >= 15 is 0 Å². The summed E-state index contributed by atoms with van der Waals surface area (Å²) >= 11 is 5.51. The maximum absolute atomic E-state index is 12.3. The molecule has 68 valence electrons. The van der Waals surface area contributed by atoms with Gasteiger partial charge in [0.2, 0.25) is 0 Å². The number of halogens is 4. The Balaban J connectivity index is 3.44. The highest BCUT2D eigenvalue weighted by Gasteiger charge is 2.27. The van der Waals surface area contributed by atoms with E-state index in [1.165, 1.54) is 0 Å². The van der Waals surface area contributed by atoms with Crippen LogP contribution in [0.4, 0.5) is 8.78 Å². The van der Waals surface area contributed by atoms with E-state index in [9.17, 15) is 8.78 Å². The zero-order chi connectivity index (χ0) is 8.91. The van der Waals surface area contributed by atoms with E-state index in [0.717, 1.165) is 19.3 Å². The summed E-state index contributed by atoms with van der Waals surface area (Å²) < 4.78 is 24.6. The Labute approximate surface area is 83.0 Å². The molecule has 0 aliphatic heterocycles. The van der Waals surface area contributed by atoms with Crippen LogP contribution >= 0.6 is 31.9 Å². The van der Waals surface area contributed by atoms with Crippen molar-refractivity contribution in [1.82, 2.24) is 0 Å². The first-order valence-corrected chi connectivity index (χ1v) is 5.37. The Bertz CT molecular complexity index is 101. The Hall–Kier alpha value is 0.820. The van der Waals surface area contributed by atoms with Crippen molar-refractivity contribution in [3.8, 4) is 0 Å². The average Bonchev–Trinajstić information content (AvgIpc) is 1.79. The Morgan fingerprint density at radius 2 is 2.00 bits per heavy atom. The molecule has 0 nitrogen and oxygen atoms in total. The molecule has 4 heteroatoms. The first-order valence-electron chi connectivity index (χ1n) is 3.66. The molecule has 0 aromatic carbocycles. The normalized spacial score (nSPS) is 15.0. The van der Waals surface area contributed by atoms with Gasteiger partial charge < -0.3 is 0 Å². The van der Waals surface area contributed by atoms with Gasteiger partial charge in [0, 0.05) is 11.2 Å². The zero-order valence-electron chi connectivity index (χ0n) is 6.42. The fraction of sp³-hybridized carbons (Fsp3) is 1.00. The van der Waals surface area contributed by atoms with Crippen LogP contribution in [-0.2, 0) is 0 Å². The summed E-state index contributed by atoms with van der Waals surface area (Å²) in [6.07, 6.45) is 2.74. The standard InChI is InChI=1S/C7H12Br2F2/c1-2-3-4-6(8)5-7(9,10)11/h6H,2-5H2,1H3/t6-/m1/s1. The third-order valence-electron chi connectivity index (χ3n) is 1.32. The second-order valence-electron chi connectivity index (χ2n) is 2.56. The Morgan fingerprint density at radius 1 is 1.45 bits per heavy atom. The summed E-state index contributed by atoms with van der Waals surface area (Å²) in [5.74, 6) is 0. The van der Waals surface area contributed by atoms with Crippen molar-refractivity contribution in [1.29, 1.82) is 0 Å². The molecule has 0 aromatic heterocycles. The molecule has 0 aliphatic rings. The molecule has 0 bridgehead atoms. The van der Waals surface area contributed by atoms with E-state index in [1.54, 1.807) is 0 Å². The molecule has 0 saturated heterocycles. The molecule has 11 heavy (non-hydrogen) atoms.